The molecule has 128 valence electrons. The molecule has 0 heterocycles. The van der Waals surface area contributed by atoms with E-state index in [1.165, 1.54) is 0 Å². The van der Waals surface area contributed by atoms with Crippen LogP contribution in [0.1, 0.15) is 0 Å². The maximum absolute atomic E-state index is 8.55. The average Bonchev–Trinajstić information content (AvgIpc) is 1.62. The van der Waals surface area contributed by atoms with E-state index in [1.807, 2.05) is 0 Å². The van der Waals surface area contributed by atoms with Crippen molar-refractivity contribution < 1.29 is 170 Å². The zero-order valence-electron chi connectivity index (χ0n) is 9.82. The summed E-state index contributed by atoms with van der Waals surface area (Å²) >= 11 is 0. The zero-order valence-corrected chi connectivity index (χ0v) is 25.9. The second-order valence-corrected chi connectivity index (χ2v) is 5.37. The SMILES string of the molecule is O=P([O-])([O-])[O-].O=P([O-])([O-])[O-].O=P([O-])([O-])[O-].O=P([O-])([O-])[O-].[U+4].[U+4].[U+4]. The standard InChI is InChI=1S/4H3O4P.3U/c4*1-5(2,3)4;;;/h4*(H3,1,2,3,4);;;/q;;;;3*+4/p-12. The van der Waals surface area contributed by atoms with Crippen LogP contribution in [0.3, 0.4) is 0 Å². The maximum atomic E-state index is 8.55. The van der Waals surface area contributed by atoms with Gasteiger partial charge in [0, 0.05) is 0 Å². The molecule has 0 aliphatic heterocycles. The molecule has 0 aliphatic carbocycles. The smallest absolute Gasteiger partial charge is 0.822 e. The fourth-order valence-corrected chi connectivity index (χ4v) is 0. The molecule has 0 rings (SSSR count). The van der Waals surface area contributed by atoms with Crippen molar-refractivity contribution in [3.8, 4) is 0 Å². The van der Waals surface area contributed by atoms with Gasteiger partial charge in [0.1, 0.15) is 0 Å². The van der Waals surface area contributed by atoms with E-state index in [0.29, 0.717) is 0 Å². The van der Waals surface area contributed by atoms with Crippen LogP contribution in [-0.2, 0) is 18.3 Å². The van der Waals surface area contributed by atoms with E-state index in [0.717, 1.165) is 0 Å². The van der Waals surface area contributed by atoms with Crippen LogP contribution >= 0.6 is 31.3 Å². The van der Waals surface area contributed by atoms with Gasteiger partial charge in [0.05, 0.1) is 0 Å². The Morgan fingerprint density at radius 2 is 0.304 bits per heavy atom. The summed E-state index contributed by atoms with van der Waals surface area (Å²) in [4.78, 5) is 103. The molecule has 0 amide bonds. The second kappa shape index (κ2) is 20.3. The third-order valence-electron chi connectivity index (χ3n) is 0. The Labute approximate surface area is 199 Å². The summed E-state index contributed by atoms with van der Waals surface area (Å²) in [6.45, 7) is 0. The molecule has 23 heteroatoms. The molecule has 16 nitrogen and oxygen atoms in total. The largest absolute Gasteiger partial charge is 4.00 e. The van der Waals surface area contributed by atoms with Crippen molar-refractivity contribution in [3.05, 3.63) is 0 Å². The van der Waals surface area contributed by atoms with Gasteiger partial charge in [0.25, 0.3) is 0 Å². The van der Waals surface area contributed by atoms with Crippen LogP contribution in [0.25, 0.3) is 0 Å². The van der Waals surface area contributed by atoms with Crippen LogP contribution in [0.15, 0.2) is 0 Å². The number of hydrogen-bond donors (Lipinski definition) is 0. The molecule has 0 bridgehead atoms. The Morgan fingerprint density at radius 3 is 0.304 bits per heavy atom. The van der Waals surface area contributed by atoms with E-state index in [4.69, 9.17) is 77.0 Å². The van der Waals surface area contributed by atoms with Crippen molar-refractivity contribution in [1.29, 1.82) is 0 Å². The summed E-state index contributed by atoms with van der Waals surface area (Å²) in [7, 11) is -21.6. The van der Waals surface area contributed by atoms with Crippen LogP contribution in [0.4, 0.5) is 0 Å². The van der Waals surface area contributed by atoms with Crippen LogP contribution in [0.5, 0.6) is 0 Å². The summed E-state index contributed by atoms with van der Waals surface area (Å²) in [5, 5.41) is 0. The first kappa shape index (κ1) is 45.4. The molecular formula is O16P4U3. The first-order valence-corrected chi connectivity index (χ1v) is 8.76. The molecule has 0 fully saturated rings. The van der Waals surface area contributed by atoms with Crippen molar-refractivity contribution in [1.82, 2.24) is 0 Å². The van der Waals surface area contributed by atoms with Crippen LogP contribution in [-0.4, -0.2) is 0 Å². The Hall–Kier alpha value is 3.60. The molecular weight excluding hydrogens is 1090 g/mol. The van der Waals surface area contributed by atoms with Gasteiger partial charge >= 0.3 is 93.3 Å². The van der Waals surface area contributed by atoms with E-state index in [1.54, 1.807) is 0 Å². The van der Waals surface area contributed by atoms with E-state index in [9.17, 15) is 0 Å². The van der Waals surface area contributed by atoms with Gasteiger partial charge in [-0.3, -0.25) is 0 Å². The van der Waals surface area contributed by atoms with Crippen molar-refractivity contribution >= 4 is 31.3 Å². The van der Waals surface area contributed by atoms with Gasteiger partial charge in [0.2, 0.25) is 0 Å². The monoisotopic (exact) mass is 1090 g/mol. The summed E-state index contributed by atoms with van der Waals surface area (Å²) in [6, 6.07) is 0. The quantitative estimate of drug-likeness (QED) is 0.203. The van der Waals surface area contributed by atoms with Crippen LogP contribution in [0.2, 0.25) is 0 Å². The Balaban J connectivity index is -0.0000000284. The Kier molecular flexibility index (Phi) is 40.1. The molecule has 0 spiro atoms. The summed E-state index contributed by atoms with van der Waals surface area (Å²) in [5.41, 5.74) is 0. The van der Waals surface area contributed by atoms with E-state index >= 15 is 0 Å². The fourth-order valence-electron chi connectivity index (χ4n) is 0. The maximum Gasteiger partial charge on any atom is 4.00 e. The number of hydrogen-bond acceptors (Lipinski definition) is 16. The zero-order chi connectivity index (χ0) is 18.0. The first-order valence-electron chi connectivity index (χ1n) is 2.92. The predicted molar refractivity (Wildman–Crippen MR) is 30.4 cm³/mol. The minimum absolute atomic E-state index is 0. The van der Waals surface area contributed by atoms with Crippen molar-refractivity contribution in [2.24, 2.45) is 0 Å². The molecule has 0 aromatic heterocycles. The van der Waals surface area contributed by atoms with Gasteiger partial charge in [0.15, 0.2) is 0 Å². The molecule has 0 unspecified atom stereocenters. The minimum atomic E-state index is -5.39. The van der Waals surface area contributed by atoms with E-state index in [-0.39, 0.29) is 93.3 Å². The molecule has 0 saturated heterocycles. The predicted octanol–water partition coefficient (Wildman–Crippen LogP) is -11.3. The molecule has 0 N–H and O–H groups in total. The van der Waals surface area contributed by atoms with E-state index in [2.05, 4.69) is 0 Å². The molecule has 0 saturated carbocycles. The third-order valence-corrected chi connectivity index (χ3v) is 0. The van der Waals surface area contributed by atoms with E-state index < -0.39 is 31.3 Å². The summed E-state index contributed by atoms with van der Waals surface area (Å²) < 4.78 is 34.2. The second-order valence-electron chi connectivity index (χ2n) is 1.79. The summed E-state index contributed by atoms with van der Waals surface area (Å²) in [5.74, 6) is 0. The number of rotatable bonds is 0. The van der Waals surface area contributed by atoms with Gasteiger partial charge in [-0.1, -0.05) is 0 Å². The molecule has 23 heavy (non-hydrogen) atoms. The summed E-state index contributed by atoms with van der Waals surface area (Å²) in [6.07, 6.45) is 0. The first-order chi connectivity index (χ1) is 8.00. The van der Waals surface area contributed by atoms with Crippen LogP contribution < -0.4 is 58.7 Å². The van der Waals surface area contributed by atoms with Crippen molar-refractivity contribution in [3.63, 3.8) is 0 Å². The van der Waals surface area contributed by atoms with Gasteiger partial charge in [-0.05, 0) is 0 Å². The molecule has 0 radical (unpaired) electrons. The molecule has 0 atom stereocenters. The molecule has 0 aromatic rings. The van der Waals surface area contributed by atoms with Crippen molar-refractivity contribution in [2.45, 2.75) is 0 Å². The third kappa shape index (κ3) is 1100. The van der Waals surface area contributed by atoms with Gasteiger partial charge < -0.3 is 77.0 Å². The van der Waals surface area contributed by atoms with Gasteiger partial charge in [-0.25, -0.2) is 0 Å². The minimum Gasteiger partial charge on any atom is -0.822 e. The van der Waals surface area contributed by atoms with Gasteiger partial charge in [-0.15, -0.1) is 0 Å². The molecule has 0 aromatic carbocycles. The topological polar surface area (TPSA) is 345 Å². The Morgan fingerprint density at radius 1 is 0.304 bits per heavy atom. The molecule has 0 aliphatic rings. The van der Waals surface area contributed by atoms with Gasteiger partial charge in [-0.2, -0.15) is 31.3 Å². The average molecular weight is 1090 g/mol. The van der Waals surface area contributed by atoms with Crippen molar-refractivity contribution in [2.75, 3.05) is 0 Å². The van der Waals surface area contributed by atoms with Crippen LogP contribution in [0, 0.1) is 93.3 Å². The normalized spacial score (nSPS) is 10.3. The number of phosphoric acid groups is 4. The fraction of sp³-hybridized carbons (Fsp3) is 0. The Bertz CT molecular complexity index is 292.